The molecule has 5 nitrogen and oxygen atoms in total. The van der Waals surface area contributed by atoms with Crippen LogP contribution in [0, 0.1) is 0 Å². The Morgan fingerprint density at radius 1 is 0.962 bits per heavy atom. The highest BCUT2D eigenvalue weighted by atomic mass is 16.3. The van der Waals surface area contributed by atoms with E-state index in [4.69, 9.17) is 0 Å². The molecule has 5 rings (SSSR count). The van der Waals surface area contributed by atoms with E-state index in [9.17, 15) is 5.11 Å². The van der Waals surface area contributed by atoms with Crippen LogP contribution in [0.15, 0.2) is 73.2 Å². The van der Waals surface area contributed by atoms with Crippen molar-refractivity contribution >= 4 is 22.1 Å². The molecule has 26 heavy (non-hydrogen) atoms. The molecule has 5 aromatic rings. The van der Waals surface area contributed by atoms with Gasteiger partial charge in [-0.2, -0.15) is 0 Å². The topological polar surface area (TPSA) is 66.7 Å². The summed E-state index contributed by atoms with van der Waals surface area (Å²) in [4.78, 5) is 12.1. The Morgan fingerprint density at radius 2 is 1.85 bits per heavy atom. The molecule has 0 saturated carbocycles. The van der Waals surface area contributed by atoms with E-state index in [1.54, 1.807) is 12.4 Å². The maximum Gasteiger partial charge on any atom is 0.156 e. The van der Waals surface area contributed by atoms with Crippen LogP contribution >= 0.6 is 0 Å². The quantitative estimate of drug-likeness (QED) is 0.520. The summed E-state index contributed by atoms with van der Waals surface area (Å²) in [5.74, 6) is 0. The summed E-state index contributed by atoms with van der Waals surface area (Å²) in [6.07, 6.45) is 5.50. The third-order valence-electron chi connectivity index (χ3n) is 4.63. The average Bonchev–Trinajstić information content (AvgIpc) is 3.29. The molecule has 2 N–H and O–H groups in total. The Kier molecular flexibility index (Phi) is 3.33. The van der Waals surface area contributed by atoms with Crippen LogP contribution in [-0.2, 0) is 6.61 Å². The molecule has 0 atom stereocenters. The normalized spacial score (nSPS) is 11.4. The molecule has 3 aromatic heterocycles. The Morgan fingerprint density at radius 3 is 2.73 bits per heavy atom. The number of hydrogen-bond acceptors (Lipinski definition) is 3. The van der Waals surface area contributed by atoms with Gasteiger partial charge in [-0.3, -0.25) is 4.98 Å². The smallest absolute Gasteiger partial charge is 0.156 e. The predicted molar refractivity (Wildman–Crippen MR) is 102 cm³/mol. The van der Waals surface area contributed by atoms with E-state index < -0.39 is 0 Å². The molecule has 0 fully saturated rings. The molecule has 0 unspecified atom stereocenters. The zero-order chi connectivity index (χ0) is 17.5. The van der Waals surface area contributed by atoms with Crippen LogP contribution in [0.25, 0.3) is 39.0 Å². The van der Waals surface area contributed by atoms with Gasteiger partial charge in [0.2, 0.25) is 0 Å². The van der Waals surface area contributed by atoms with Crippen LogP contribution < -0.4 is 0 Å². The van der Waals surface area contributed by atoms with Crippen molar-refractivity contribution in [1.82, 2.24) is 19.5 Å². The molecule has 0 radical (unpaired) electrons. The second-order valence-corrected chi connectivity index (χ2v) is 6.23. The van der Waals surface area contributed by atoms with Crippen molar-refractivity contribution in [3.8, 4) is 16.9 Å². The highest BCUT2D eigenvalue weighted by Crippen LogP contribution is 2.33. The molecule has 126 valence electrons. The summed E-state index contributed by atoms with van der Waals surface area (Å²) in [5.41, 5.74) is 6.72. The molecule has 0 spiro atoms. The van der Waals surface area contributed by atoms with E-state index in [0.717, 1.165) is 44.6 Å². The number of aromatic amines is 1. The fourth-order valence-electron chi connectivity index (χ4n) is 3.41. The lowest BCUT2D eigenvalue weighted by Crippen LogP contribution is -1.93. The van der Waals surface area contributed by atoms with Gasteiger partial charge >= 0.3 is 0 Å². The molecule has 2 aromatic carbocycles. The number of aliphatic hydroxyl groups is 1. The van der Waals surface area contributed by atoms with Crippen molar-refractivity contribution in [2.75, 3.05) is 0 Å². The minimum absolute atomic E-state index is 0.0270. The monoisotopic (exact) mass is 340 g/mol. The first-order valence-corrected chi connectivity index (χ1v) is 8.44. The van der Waals surface area contributed by atoms with E-state index in [1.807, 2.05) is 42.5 Å². The molecule has 0 aliphatic heterocycles. The Balaban J connectivity index is 1.76. The predicted octanol–water partition coefficient (Wildman–Crippen LogP) is 4.06. The van der Waals surface area contributed by atoms with Crippen molar-refractivity contribution < 1.29 is 5.11 Å². The zero-order valence-electron chi connectivity index (χ0n) is 13.9. The van der Waals surface area contributed by atoms with Crippen LogP contribution in [0.3, 0.4) is 0 Å². The maximum atomic E-state index is 9.46. The summed E-state index contributed by atoms with van der Waals surface area (Å²) in [7, 11) is 0. The van der Waals surface area contributed by atoms with Crippen LogP contribution in [-0.4, -0.2) is 24.6 Å². The summed E-state index contributed by atoms with van der Waals surface area (Å²) in [6, 6.07) is 18.3. The number of fused-ring (bicyclic) bond motifs is 2. The first-order chi connectivity index (χ1) is 12.8. The van der Waals surface area contributed by atoms with Gasteiger partial charge < -0.3 is 14.7 Å². The number of hydrogen-bond donors (Lipinski definition) is 2. The molecule has 0 amide bonds. The number of benzene rings is 2. The van der Waals surface area contributed by atoms with E-state index >= 15 is 0 Å². The van der Waals surface area contributed by atoms with Gasteiger partial charge in [0.05, 0.1) is 17.8 Å². The summed E-state index contributed by atoms with van der Waals surface area (Å²) < 4.78 is 2.15. The second kappa shape index (κ2) is 5.82. The Labute approximate surface area is 149 Å². The van der Waals surface area contributed by atoms with Gasteiger partial charge in [0.25, 0.3) is 0 Å². The number of aromatic nitrogens is 4. The fourth-order valence-corrected chi connectivity index (χ4v) is 3.41. The lowest BCUT2D eigenvalue weighted by Gasteiger charge is -2.06. The number of rotatable bonds is 3. The van der Waals surface area contributed by atoms with E-state index in [-0.39, 0.29) is 6.61 Å². The standard InChI is InChI=1S/C21H16N4O/c26-13-14-4-3-5-15(10-14)25-12-17(16-6-1-2-7-20(16)25)18-11-19-21(24-18)23-9-8-22-19/h1-12,26H,13H2,(H,23,24). The largest absolute Gasteiger partial charge is 0.392 e. The van der Waals surface area contributed by atoms with Crippen LogP contribution in [0.4, 0.5) is 0 Å². The van der Waals surface area contributed by atoms with Crippen molar-refractivity contribution in [2.45, 2.75) is 6.61 Å². The molecule has 5 heteroatoms. The number of nitrogens with zero attached hydrogens (tertiary/aromatic N) is 3. The second-order valence-electron chi connectivity index (χ2n) is 6.23. The van der Waals surface area contributed by atoms with Crippen LogP contribution in [0.2, 0.25) is 0 Å². The van der Waals surface area contributed by atoms with E-state index in [1.165, 1.54) is 0 Å². The van der Waals surface area contributed by atoms with Gasteiger partial charge in [0.15, 0.2) is 5.65 Å². The highest BCUT2D eigenvalue weighted by Gasteiger charge is 2.14. The van der Waals surface area contributed by atoms with Gasteiger partial charge in [0.1, 0.15) is 5.52 Å². The SMILES string of the molecule is OCc1cccc(-n2cc(-c3cc4nccnc4[nH]3)c3ccccc32)c1. The lowest BCUT2D eigenvalue weighted by atomic mass is 10.1. The number of aliphatic hydroxyl groups excluding tert-OH is 1. The van der Waals surface area contributed by atoms with E-state index in [0.29, 0.717) is 0 Å². The summed E-state index contributed by atoms with van der Waals surface area (Å²) in [5, 5.41) is 10.6. The molecular weight excluding hydrogens is 324 g/mol. The van der Waals surface area contributed by atoms with Gasteiger partial charge in [-0.15, -0.1) is 0 Å². The Bertz CT molecular complexity index is 1200. The number of H-pyrrole nitrogens is 1. The first kappa shape index (κ1) is 14.9. The average molecular weight is 340 g/mol. The third kappa shape index (κ3) is 2.29. The Hall–Kier alpha value is -3.44. The summed E-state index contributed by atoms with van der Waals surface area (Å²) >= 11 is 0. The maximum absolute atomic E-state index is 9.46. The molecular formula is C21H16N4O. The zero-order valence-corrected chi connectivity index (χ0v) is 13.9. The minimum atomic E-state index is 0.0270. The van der Waals surface area contributed by atoms with E-state index in [2.05, 4.69) is 37.8 Å². The molecule has 0 bridgehead atoms. The fraction of sp³-hybridized carbons (Fsp3) is 0.0476. The number of nitrogens with one attached hydrogen (secondary N) is 1. The molecule has 0 aliphatic carbocycles. The molecule has 3 heterocycles. The van der Waals surface area contributed by atoms with Gasteiger partial charge in [0, 0.05) is 35.2 Å². The van der Waals surface area contributed by atoms with Gasteiger partial charge in [-0.1, -0.05) is 30.3 Å². The van der Waals surface area contributed by atoms with Crippen molar-refractivity contribution in [3.63, 3.8) is 0 Å². The summed E-state index contributed by atoms with van der Waals surface area (Å²) in [6.45, 7) is 0.0270. The lowest BCUT2D eigenvalue weighted by molar-refractivity contribution is 0.282. The van der Waals surface area contributed by atoms with Crippen molar-refractivity contribution in [3.05, 3.63) is 78.8 Å². The molecule has 0 aliphatic rings. The third-order valence-corrected chi connectivity index (χ3v) is 4.63. The first-order valence-electron chi connectivity index (χ1n) is 8.44. The number of para-hydroxylation sites is 1. The van der Waals surface area contributed by atoms with Crippen molar-refractivity contribution in [1.29, 1.82) is 0 Å². The van der Waals surface area contributed by atoms with Gasteiger partial charge in [-0.05, 0) is 29.8 Å². The molecule has 0 saturated heterocycles. The van der Waals surface area contributed by atoms with Crippen molar-refractivity contribution in [2.24, 2.45) is 0 Å². The van der Waals surface area contributed by atoms with Crippen LogP contribution in [0.1, 0.15) is 5.56 Å². The minimum Gasteiger partial charge on any atom is -0.392 e. The van der Waals surface area contributed by atoms with Crippen LogP contribution in [0.5, 0.6) is 0 Å². The highest BCUT2D eigenvalue weighted by molar-refractivity contribution is 5.98. The van der Waals surface area contributed by atoms with Gasteiger partial charge in [-0.25, -0.2) is 4.98 Å².